The van der Waals surface area contributed by atoms with Crippen molar-refractivity contribution in [3.05, 3.63) is 5.89 Å². The second-order valence-electron chi connectivity index (χ2n) is 7.14. The van der Waals surface area contributed by atoms with Gasteiger partial charge in [-0.2, -0.15) is 11.8 Å². The van der Waals surface area contributed by atoms with Crippen LogP contribution >= 0.6 is 23.5 Å². The standard InChI is InChI=1S/C16H27N5O3S2/c1-16(2,3)17-12(22)9-20-5-7-21(8-6-20)14(23)11-26-15-19-18-13(24-15)10-25-4/h5-11H2,1-4H3,(H,17,22). The molecular formula is C16H27N5O3S2. The van der Waals surface area contributed by atoms with Crippen molar-refractivity contribution in [3.63, 3.8) is 0 Å². The van der Waals surface area contributed by atoms with Gasteiger partial charge in [-0.05, 0) is 27.0 Å². The first-order valence-electron chi connectivity index (χ1n) is 8.52. The van der Waals surface area contributed by atoms with Gasteiger partial charge in [-0.1, -0.05) is 11.8 Å². The maximum Gasteiger partial charge on any atom is 0.277 e. The van der Waals surface area contributed by atoms with Gasteiger partial charge < -0.3 is 14.6 Å². The average Bonchev–Trinajstić information content (AvgIpc) is 2.99. The molecule has 1 N–H and O–H groups in total. The van der Waals surface area contributed by atoms with Gasteiger partial charge in [0.05, 0.1) is 18.1 Å². The van der Waals surface area contributed by atoms with Crippen LogP contribution in [0, 0.1) is 0 Å². The molecule has 26 heavy (non-hydrogen) atoms. The van der Waals surface area contributed by atoms with Crippen LogP contribution < -0.4 is 5.32 Å². The zero-order valence-corrected chi connectivity index (χ0v) is 17.4. The molecular weight excluding hydrogens is 374 g/mol. The third-order valence-electron chi connectivity index (χ3n) is 3.64. The van der Waals surface area contributed by atoms with E-state index in [1.54, 1.807) is 11.8 Å². The Hall–Kier alpha value is -1.26. The maximum absolute atomic E-state index is 12.3. The number of hydrogen-bond acceptors (Lipinski definition) is 8. The van der Waals surface area contributed by atoms with Crippen molar-refractivity contribution in [1.29, 1.82) is 0 Å². The molecule has 1 fully saturated rings. The first-order chi connectivity index (χ1) is 12.3. The zero-order chi connectivity index (χ0) is 19.2. The normalized spacial score (nSPS) is 15.9. The molecule has 10 heteroatoms. The van der Waals surface area contributed by atoms with Crippen LogP contribution in [0.15, 0.2) is 9.64 Å². The summed E-state index contributed by atoms with van der Waals surface area (Å²) in [5, 5.41) is 11.3. The molecule has 1 aliphatic heterocycles. The number of amides is 2. The van der Waals surface area contributed by atoms with Crippen LogP contribution in [0.5, 0.6) is 0 Å². The first-order valence-corrected chi connectivity index (χ1v) is 10.9. The van der Waals surface area contributed by atoms with E-state index >= 15 is 0 Å². The highest BCUT2D eigenvalue weighted by molar-refractivity contribution is 7.99. The number of carbonyl (C=O) groups excluding carboxylic acids is 2. The number of thioether (sulfide) groups is 2. The lowest BCUT2D eigenvalue weighted by molar-refractivity contribution is -0.130. The van der Waals surface area contributed by atoms with Crippen LogP contribution in [0.1, 0.15) is 26.7 Å². The van der Waals surface area contributed by atoms with Gasteiger partial charge >= 0.3 is 0 Å². The number of aromatic nitrogens is 2. The Bertz CT molecular complexity index is 609. The van der Waals surface area contributed by atoms with E-state index in [-0.39, 0.29) is 23.1 Å². The lowest BCUT2D eigenvalue weighted by atomic mass is 10.1. The summed E-state index contributed by atoms with van der Waals surface area (Å²) in [4.78, 5) is 28.2. The lowest BCUT2D eigenvalue weighted by Crippen LogP contribution is -2.53. The summed E-state index contributed by atoms with van der Waals surface area (Å²) >= 11 is 2.88. The molecule has 0 unspecified atom stereocenters. The molecule has 0 bridgehead atoms. The van der Waals surface area contributed by atoms with Gasteiger partial charge in [0, 0.05) is 31.7 Å². The molecule has 146 valence electrons. The number of nitrogens with one attached hydrogen (secondary N) is 1. The van der Waals surface area contributed by atoms with Crippen LogP contribution in [-0.4, -0.2) is 82.1 Å². The van der Waals surface area contributed by atoms with Crippen molar-refractivity contribution >= 4 is 35.3 Å². The van der Waals surface area contributed by atoms with Gasteiger partial charge in [0.2, 0.25) is 17.7 Å². The predicted octanol–water partition coefficient (Wildman–Crippen LogP) is 1.08. The van der Waals surface area contributed by atoms with Gasteiger partial charge in [0.15, 0.2) is 0 Å². The van der Waals surface area contributed by atoms with Crippen molar-refractivity contribution in [2.75, 3.05) is 44.7 Å². The van der Waals surface area contributed by atoms with Crippen LogP contribution in [0.4, 0.5) is 0 Å². The minimum atomic E-state index is -0.226. The van der Waals surface area contributed by atoms with Gasteiger partial charge in [-0.15, -0.1) is 10.2 Å². The molecule has 2 amide bonds. The monoisotopic (exact) mass is 401 g/mol. The Kier molecular flexibility index (Phi) is 7.78. The molecule has 1 aliphatic rings. The van der Waals surface area contributed by atoms with E-state index in [0.29, 0.717) is 49.6 Å². The first kappa shape index (κ1) is 21.0. The minimum Gasteiger partial charge on any atom is -0.415 e. The van der Waals surface area contributed by atoms with E-state index in [1.807, 2.05) is 31.9 Å². The Labute approximate surface area is 162 Å². The highest BCUT2D eigenvalue weighted by Crippen LogP contribution is 2.18. The Morgan fingerprint density at radius 3 is 2.50 bits per heavy atom. The Morgan fingerprint density at radius 2 is 1.88 bits per heavy atom. The minimum absolute atomic E-state index is 0.0188. The van der Waals surface area contributed by atoms with E-state index in [0.717, 1.165) is 0 Å². The summed E-state index contributed by atoms with van der Waals surface area (Å²) in [5.41, 5.74) is -0.226. The summed E-state index contributed by atoms with van der Waals surface area (Å²) in [6, 6.07) is 0. The topological polar surface area (TPSA) is 91.6 Å². The smallest absolute Gasteiger partial charge is 0.277 e. The maximum atomic E-state index is 12.3. The Balaban J connectivity index is 1.69. The molecule has 1 saturated heterocycles. The second-order valence-corrected chi connectivity index (χ2v) is 8.93. The summed E-state index contributed by atoms with van der Waals surface area (Å²) in [6.45, 7) is 8.92. The average molecular weight is 402 g/mol. The van der Waals surface area contributed by atoms with E-state index in [4.69, 9.17) is 4.42 Å². The molecule has 1 aromatic heterocycles. The molecule has 0 aliphatic carbocycles. The van der Waals surface area contributed by atoms with Crippen LogP contribution in [0.25, 0.3) is 0 Å². The van der Waals surface area contributed by atoms with Gasteiger partial charge in [-0.3, -0.25) is 14.5 Å². The number of rotatable bonds is 7. The largest absolute Gasteiger partial charge is 0.415 e. The van der Waals surface area contributed by atoms with Crippen LogP contribution in [0.3, 0.4) is 0 Å². The molecule has 2 rings (SSSR count). The van der Waals surface area contributed by atoms with Crippen molar-refractivity contribution in [2.45, 2.75) is 37.3 Å². The van der Waals surface area contributed by atoms with Crippen molar-refractivity contribution < 1.29 is 14.0 Å². The zero-order valence-electron chi connectivity index (χ0n) is 15.8. The van der Waals surface area contributed by atoms with E-state index in [2.05, 4.69) is 20.4 Å². The van der Waals surface area contributed by atoms with E-state index in [1.165, 1.54) is 11.8 Å². The van der Waals surface area contributed by atoms with Gasteiger partial charge in [-0.25, -0.2) is 0 Å². The fourth-order valence-electron chi connectivity index (χ4n) is 2.51. The molecule has 0 atom stereocenters. The summed E-state index contributed by atoms with van der Waals surface area (Å²) in [7, 11) is 0. The highest BCUT2D eigenvalue weighted by Gasteiger charge is 2.24. The predicted molar refractivity (Wildman–Crippen MR) is 103 cm³/mol. The number of piperazine rings is 1. The van der Waals surface area contributed by atoms with Crippen LogP contribution in [0.2, 0.25) is 0 Å². The third kappa shape index (κ3) is 7.16. The fraction of sp³-hybridized carbons (Fsp3) is 0.750. The SMILES string of the molecule is CSCc1nnc(SCC(=O)N2CCN(CC(=O)NC(C)(C)C)CC2)o1. The van der Waals surface area contributed by atoms with Crippen molar-refractivity contribution in [1.82, 2.24) is 25.3 Å². The van der Waals surface area contributed by atoms with Crippen molar-refractivity contribution in [3.8, 4) is 0 Å². The molecule has 1 aromatic rings. The molecule has 2 heterocycles. The molecule has 0 saturated carbocycles. The summed E-state index contributed by atoms with van der Waals surface area (Å²) in [6.07, 6.45) is 1.97. The second kappa shape index (κ2) is 9.61. The molecule has 0 aromatic carbocycles. The Morgan fingerprint density at radius 1 is 1.19 bits per heavy atom. The van der Waals surface area contributed by atoms with Gasteiger partial charge in [0.1, 0.15) is 0 Å². The third-order valence-corrected chi connectivity index (χ3v) is 4.98. The summed E-state index contributed by atoms with van der Waals surface area (Å²) < 4.78 is 5.46. The number of hydrogen-bond donors (Lipinski definition) is 1. The van der Waals surface area contributed by atoms with E-state index < -0.39 is 0 Å². The van der Waals surface area contributed by atoms with Gasteiger partial charge in [0.25, 0.3) is 5.22 Å². The quantitative estimate of drug-likeness (QED) is 0.679. The van der Waals surface area contributed by atoms with E-state index in [9.17, 15) is 9.59 Å². The molecule has 0 radical (unpaired) electrons. The lowest BCUT2D eigenvalue weighted by Gasteiger charge is -2.34. The number of nitrogens with zero attached hydrogens (tertiary/aromatic N) is 4. The molecule has 8 nitrogen and oxygen atoms in total. The highest BCUT2D eigenvalue weighted by atomic mass is 32.2. The van der Waals surface area contributed by atoms with Crippen molar-refractivity contribution in [2.24, 2.45) is 0 Å². The number of carbonyl (C=O) groups is 2. The molecule has 0 spiro atoms. The summed E-state index contributed by atoms with van der Waals surface area (Å²) in [5.74, 6) is 1.61. The fourth-order valence-corrected chi connectivity index (χ4v) is 3.56. The van der Waals surface area contributed by atoms with Crippen LogP contribution in [-0.2, 0) is 15.3 Å².